The normalized spacial score (nSPS) is 11.9. The van der Waals surface area contributed by atoms with Crippen LogP contribution in [0.15, 0.2) is 18.2 Å². The van der Waals surface area contributed by atoms with Crippen LogP contribution in [0.4, 0.5) is 11.4 Å². The lowest BCUT2D eigenvalue weighted by Crippen LogP contribution is -2.18. The number of carbonyl (C=O) groups is 1. The molecule has 5 heteroatoms. The van der Waals surface area contributed by atoms with Gasteiger partial charge in [-0.05, 0) is 31.4 Å². The standard InChI is InChI=1S/C12H18N2O2S/c1-8(7-17-3)14-9-4-5-11(13)10(6-9)12(15)16-2/h4-6,8,14H,7,13H2,1-3H3. The van der Waals surface area contributed by atoms with Crippen LogP contribution >= 0.6 is 11.8 Å². The summed E-state index contributed by atoms with van der Waals surface area (Å²) >= 11 is 1.77. The second kappa shape index (κ2) is 6.39. The highest BCUT2D eigenvalue weighted by Crippen LogP contribution is 2.19. The van der Waals surface area contributed by atoms with Crippen molar-refractivity contribution in [2.75, 3.05) is 30.2 Å². The molecule has 0 saturated carbocycles. The number of benzene rings is 1. The molecule has 0 heterocycles. The fraction of sp³-hybridized carbons (Fsp3) is 0.417. The Balaban J connectivity index is 2.85. The number of methoxy groups -OCH3 is 1. The third kappa shape index (κ3) is 3.85. The molecule has 17 heavy (non-hydrogen) atoms. The predicted molar refractivity (Wildman–Crippen MR) is 73.7 cm³/mol. The van der Waals surface area contributed by atoms with Crippen LogP contribution < -0.4 is 11.1 Å². The van der Waals surface area contributed by atoms with E-state index >= 15 is 0 Å². The highest BCUT2D eigenvalue weighted by atomic mass is 32.2. The van der Waals surface area contributed by atoms with Gasteiger partial charge in [0, 0.05) is 23.2 Å². The molecule has 0 bridgehead atoms. The van der Waals surface area contributed by atoms with E-state index in [1.807, 2.05) is 6.07 Å². The summed E-state index contributed by atoms with van der Waals surface area (Å²) in [6.45, 7) is 2.09. The molecule has 0 saturated heterocycles. The molecular weight excluding hydrogens is 236 g/mol. The zero-order valence-corrected chi connectivity index (χ0v) is 11.1. The summed E-state index contributed by atoms with van der Waals surface area (Å²) in [6, 6.07) is 5.62. The number of ether oxygens (including phenoxy) is 1. The van der Waals surface area contributed by atoms with Crippen molar-refractivity contribution in [3.05, 3.63) is 23.8 Å². The molecule has 1 aromatic rings. The quantitative estimate of drug-likeness (QED) is 0.623. The molecule has 1 atom stereocenters. The van der Waals surface area contributed by atoms with Crippen LogP contribution in [0.25, 0.3) is 0 Å². The number of anilines is 2. The molecule has 0 aliphatic carbocycles. The molecule has 0 radical (unpaired) electrons. The minimum Gasteiger partial charge on any atom is -0.465 e. The van der Waals surface area contributed by atoms with Gasteiger partial charge in [0.25, 0.3) is 0 Å². The lowest BCUT2D eigenvalue weighted by Gasteiger charge is -2.15. The van der Waals surface area contributed by atoms with E-state index in [2.05, 4.69) is 23.2 Å². The summed E-state index contributed by atoms with van der Waals surface area (Å²) < 4.78 is 4.67. The molecule has 4 nitrogen and oxygen atoms in total. The van der Waals surface area contributed by atoms with Gasteiger partial charge in [0.15, 0.2) is 0 Å². The van der Waals surface area contributed by atoms with Gasteiger partial charge in [-0.2, -0.15) is 11.8 Å². The maximum atomic E-state index is 11.5. The van der Waals surface area contributed by atoms with Crippen LogP contribution in [0.2, 0.25) is 0 Å². The number of rotatable bonds is 5. The number of hydrogen-bond donors (Lipinski definition) is 2. The van der Waals surface area contributed by atoms with Crippen molar-refractivity contribution in [2.45, 2.75) is 13.0 Å². The van der Waals surface area contributed by atoms with Gasteiger partial charge in [-0.15, -0.1) is 0 Å². The first-order valence-corrected chi connectivity index (χ1v) is 6.71. The Kier molecular flexibility index (Phi) is 5.15. The Morgan fingerprint density at radius 1 is 1.59 bits per heavy atom. The van der Waals surface area contributed by atoms with Gasteiger partial charge in [-0.3, -0.25) is 0 Å². The molecule has 0 amide bonds. The van der Waals surface area contributed by atoms with E-state index < -0.39 is 5.97 Å². The first kappa shape index (κ1) is 13.7. The van der Waals surface area contributed by atoms with Gasteiger partial charge in [-0.1, -0.05) is 0 Å². The first-order valence-electron chi connectivity index (χ1n) is 5.31. The number of esters is 1. The van der Waals surface area contributed by atoms with E-state index in [-0.39, 0.29) is 0 Å². The summed E-state index contributed by atoms with van der Waals surface area (Å²) in [4.78, 5) is 11.5. The van der Waals surface area contributed by atoms with Crippen LogP contribution in [-0.2, 0) is 4.74 Å². The fourth-order valence-electron chi connectivity index (χ4n) is 1.51. The summed E-state index contributed by atoms with van der Waals surface area (Å²) in [5.74, 6) is 0.585. The number of nitrogen functional groups attached to an aromatic ring is 1. The minimum absolute atomic E-state index is 0.333. The predicted octanol–water partition coefficient (Wildman–Crippen LogP) is 2.22. The third-order valence-corrected chi connectivity index (χ3v) is 3.12. The van der Waals surface area contributed by atoms with Crippen LogP contribution in [0.5, 0.6) is 0 Å². The van der Waals surface area contributed by atoms with Gasteiger partial charge in [0.2, 0.25) is 0 Å². The lowest BCUT2D eigenvalue weighted by molar-refractivity contribution is 0.0602. The van der Waals surface area contributed by atoms with E-state index in [4.69, 9.17) is 5.73 Å². The summed E-state index contributed by atoms with van der Waals surface area (Å²) in [5, 5.41) is 3.31. The molecule has 0 spiro atoms. The summed E-state index contributed by atoms with van der Waals surface area (Å²) in [5.41, 5.74) is 7.43. The Labute approximate surface area is 106 Å². The smallest absolute Gasteiger partial charge is 0.340 e. The monoisotopic (exact) mass is 254 g/mol. The molecular formula is C12H18N2O2S. The maximum Gasteiger partial charge on any atom is 0.340 e. The topological polar surface area (TPSA) is 64.3 Å². The van der Waals surface area contributed by atoms with Crippen molar-refractivity contribution in [3.8, 4) is 0 Å². The second-order valence-electron chi connectivity index (χ2n) is 3.79. The van der Waals surface area contributed by atoms with Crippen molar-refractivity contribution in [2.24, 2.45) is 0 Å². The van der Waals surface area contributed by atoms with Crippen molar-refractivity contribution in [3.63, 3.8) is 0 Å². The highest BCUT2D eigenvalue weighted by Gasteiger charge is 2.11. The molecule has 0 fully saturated rings. The molecule has 1 rings (SSSR count). The van der Waals surface area contributed by atoms with E-state index in [9.17, 15) is 4.79 Å². The maximum absolute atomic E-state index is 11.5. The second-order valence-corrected chi connectivity index (χ2v) is 4.71. The lowest BCUT2D eigenvalue weighted by atomic mass is 10.1. The van der Waals surface area contributed by atoms with Crippen molar-refractivity contribution in [1.82, 2.24) is 0 Å². The third-order valence-electron chi connectivity index (χ3n) is 2.29. The molecule has 3 N–H and O–H groups in total. The summed E-state index contributed by atoms with van der Waals surface area (Å²) in [6.07, 6.45) is 2.06. The van der Waals surface area contributed by atoms with Gasteiger partial charge in [-0.25, -0.2) is 4.79 Å². The van der Waals surface area contributed by atoms with Crippen molar-refractivity contribution in [1.29, 1.82) is 0 Å². The molecule has 94 valence electrons. The molecule has 0 aliphatic heterocycles. The fourth-order valence-corrected chi connectivity index (χ4v) is 2.09. The SMILES string of the molecule is COC(=O)c1cc(NC(C)CSC)ccc1N. The van der Waals surface area contributed by atoms with E-state index in [0.717, 1.165) is 11.4 Å². The van der Waals surface area contributed by atoms with Gasteiger partial charge < -0.3 is 15.8 Å². The zero-order chi connectivity index (χ0) is 12.8. The number of nitrogens with one attached hydrogen (secondary N) is 1. The highest BCUT2D eigenvalue weighted by molar-refractivity contribution is 7.98. The Morgan fingerprint density at radius 3 is 2.88 bits per heavy atom. The van der Waals surface area contributed by atoms with Crippen LogP contribution in [0.1, 0.15) is 17.3 Å². The number of carbonyl (C=O) groups excluding carboxylic acids is 1. The molecule has 1 unspecified atom stereocenters. The van der Waals surface area contributed by atoms with Gasteiger partial charge >= 0.3 is 5.97 Å². The van der Waals surface area contributed by atoms with E-state index in [0.29, 0.717) is 17.3 Å². The molecule has 0 aromatic heterocycles. The number of nitrogens with two attached hydrogens (primary N) is 1. The van der Waals surface area contributed by atoms with Gasteiger partial charge in [0.05, 0.1) is 12.7 Å². The average molecular weight is 254 g/mol. The summed E-state index contributed by atoms with van der Waals surface area (Å²) in [7, 11) is 1.35. The first-order chi connectivity index (χ1) is 8.08. The molecule has 1 aromatic carbocycles. The molecule has 0 aliphatic rings. The van der Waals surface area contributed by atoms with Crippen molar-refractivity contribution < 1.29 is 9.53 Å². The minimum atomic E-state index is -0.413. The largest absolute Gasteiger partial charge is 0.465 e. The van der Waals surface area contributed by atoms with Crippen LogP contribution in [0, 0.1) is 0 Å². The Morgan fingerprint density at radius 2 is 2.29 bits per heavy atom. The van der Waals surface area contributed by atoms with Gasteiger partial charge in [0.1, 0.15) is 0 Å². The van der Waals surface area contributed by atoms with Crippen LogP contribution in [-0.4, -0.2) is 31.1 Å². The number of hydrogen-bond acceptors (Lipinski definition) is 5. The number of thioether (sulfide) groups is 1. The Bertz CT molecular complexity index is 396. The van der Waals surface area contributed by atoms with Crippen LogP contribution in [0.3, 0.4) is 0 Å². The van der Waals surface area contributed by atoms with E-state index in [1.165, 1.54) is 7.11 Å². The van der Waals surface area contributed by atoms with E-state index in [1.54, 1.807) is 23.9 Å². The average Bonchev–Trinajstić information content (AvgIpc) is 2.31. The Hall–Kier alpha value is -1.36. The van der Waals surface area contributed by atoms with Crippen molar-refractivity contribution >= 4 is 29.1 Å². The zero-order valence-electron chi connectivity index (χ0n) is 10.3.